The van der Waals surface area contributed by atoms with Crippen LogP contribution in [0.2, 0.25) is 0 Å². The number of hydrogen-bond donors (Lipinski definition) is 1. The van der Waals surface area contributed by atoms with Gasteiger partial charge in [-0.2, -0.15) is 0 Å². The maximum absolute atomic E-state index is 13.4. The fourth-order valence-electron chi connectivity index (χ4n) is 5.62. The third kappa shape index (κ3) is 5.72. The number of hydrogen-bond acceptors (Lipinski definition) is 5. The van der Waals surface area contributed by atoms with E-state index in [1.54, 1.807) is 0 Å². The van der Waals surface area contributed by atoms with E-state index in [1.807, 2.05) is 146 Å². The van der Waals surface area contributed by atoms with Gasteiger partial charge >= 0.3 is 0 Å². The highest BCUT2D eigenvalue weighted by atomic mass is 79.9. The van der Waals surface area contributed by atoms with Gasteiger partial charge in [0.15, 0.2) is 23.1 Å². The summed E-state index contributed by atoms with van der Waals surface area (Å²) in [7, 11) is 0. The molecule has 0 aliphatic carbocycles. The van der Waals surface area contributed by atoms with Crippen molar-refractivity contribution in [1.82, 2.24) is 15.0 Å². The molecule has 1 atom stereocenters. The molecule has 46 heavy (non-hydrogen) atoms. The SMILES string of the molecule is OC(c1ccc(Br)cc1)(c1nc(-c2ccccc2)nc(-c2ccccc2)n1)c1ccccc1N(c1ccccc1)c1ccccc1. The molecule has 0 amide bonds. The highest BCUT2D eigenvalue weighted by Crippen LogP contribution is 2.45. The van der Waals surface area contributed by atoms with Crippen molar-refractivity contribution in [2.24, 2.45) is 0 Å². The van der Waals surface area contributed by atoms with Gasteiger partial charge < -0.3 is 10.0 Å². The van der Waals surface area contributed by atoms with Crippen molar-refractivity contribution in [2.45, 2.75) is 5.60 Å². The summed E-state index contributed by atoms with van der Waals surface area (Å²) in [6.07, 6.45) is 0. The van der Waals surface area contributed by atoms with Crippen LogP contribution in [0.4, 0.5) is 17.1 Å². The lowest BCUT2D eigenvalue weighted by molar-refractivity contribution is 0.116. The molecule has 222 valence electrons. The summed E-state index contributed by atoms with van der Waals surface area (Å²) in [5.74, 6) is 1.16. The summed E-state index contributed by atoms with van der Waals surface area (Å²) < 4.78 is 0.896. The van der Waals surface area contributed by atoms with Crippen LogP contribution >= 0.6 is 15.9 Å². The fourth-order valence-corrected chi connectivity index (χ4v) is 5.89. The lowest BCUT2D eigenvalue weighted by Crippen LogP contribution is -2.33. The molecule has 0 saturated heterocycles. The van der Waals surface area contributed by atoms with Crippen LogP contribution in [0, 0.1) is 0 Å². The predicted octanol–water partition coefficient (Wildman–Crippen LogP) is 9.72. The van der Waals surface area contributed by atoms with E-state index < -0.39 is 5.60 Å². The van der Waals surface area contributed by atoms with Crippen molar-refractivity contribution < 1.29 is 5.11 Å². The Morgan fingerprint density at radius 3 is 1.41 bits per heavy atom. The molecule has 0 spiro atoms. The molecule has 1 aromatic heterocycles. The Morgan fingerprint density at radius 2 is 0.913 bits per heavy atom. The number of halogens is 1. The molecule has 1 unspecified atom stereocenters. The largest absolute Gasteiger partial charge is 0.373 e. The highest BCUT2D eigenvalue weighted by molar-refractivity contribution is 9.10. The van der Waals surface area contributed by atoms with E-state index in [9.17, 15) is 5.11 Å². The molecule has 7 rings (SSSR count). The van der Waals surface area contributed by atoms with Gasteiger partial charge in [-0.25, -0.2) is 15.0 Å². The number of aromatic nitrogens is 3. The van der Waals surface area contributed by atoms with Gasteiger partial charge in [0.1, 0.15) is 0 Å². The topological polar surface area (TPSA) is 62.1 Å². The highest BCUT2D eigenvalue weighted by Gasteiger charge is 2.41. The lowest BCUT2D eigenvalue weighted by atomic mass is 9.83. The standard InChI is InChI=1S/C40H29BrN4O/c41-32-27-25-31(26-28-32)40(46,39-43-37(29-15-5-1-6-16-29)42-38(44-39)30-17-7-2-8-18-30)35-23-13-14-24-36(35)45(33-19-9-3-10-20-33)34-21-11-4-12-22-34/h1-28,46H. The molecule has 1 heterocycles. The average molecular weight is 662 g/mol. The number of benzene rings is 6. The second kappa shape index (κ2) is 12.9. The van der Waals surface area contributed by atoms with Gasteiger partial charge in [0, 0.05) is 32.5 Å². The van der Waals surface area contributed by atoms with E-state index in [-0.39, 0.29) is 5.82 Å². The van der Waals surface area contributed by atoms with Crippen LogP contribution in [0.5, 0.6) is 0 Å². The minimum absolute atomic E-state index is 0.219. The Bertz CT molecular complexity index is 1960. The van der Waals surface area contributed by atoms with Crippen molar-refractivity contribution in [3.05, 3.63) is 191 Å². The first-order valence-electron chi connectivity index (χ1n) is 15.0. The molecule has 7 aromatic rings. The zero-order chi connectivity index (χ0) is 31.3. The van der Waals surface area contributed by atoms with E-state index in [4.69, 9.17) is 15.0 Å². The summed E-state index contributed by atoms with van der Waals surface area (Å²) in [6, 6.07) is 55.4. The monoisotopic (exact) mass is 660 g/mol. The van der Waals surface area contributed by atoms with Crippen molar-refractivity contribution in [1.29, 1.82) is 0 Å². The molecule has 1 N–H and O–H groups in total. The van der Waals surface area contributed by atoms with Gasteiger partial charge in [0.2, 0.25) is 0 Å². The minimum atomic E-state index is -1.78. The smallest absolute Gasteiger partial charge is 0.177 e. The Morgan fingerprint density at radius 1 is 0.478 bits per heavy atom. The molecule has 6 aromatic carbocycles. The summed E-state index contributed by atoms with van der Waals surface area (Å²) in [4.78, 5) is 17.1. The maximum atomic E-state index is 13.4. The molecular weight excluding hydrogens is 632 g/mol. The van der Waals surface area contributed by atoms with Gasteiger partial charge in [-0.1, -0.05) is 143 Å². The number of aliphatic hydroxyl groups is 1. The Labute approximate surface area is 276 Å². The first kappa shape index (κ1) is 29.3. The van der Waals surface area contributed by atoms with Crippen molar-refractivity contribution in [3.63, 3.8) is 0 Å². The number of rotatable bonds is 8. The molecule has 0 bridgehead atoms. The van der Waals surface area contributed by atoms with E-state index >= 15 is 0 Å². The normalized spacial score (nSPS) is 12.3. The lowest BCUT2D eigenvalue weighted by Gasteiger charge is -2.34. The van der Waals surface area contributed by atoms with Crippen LogP contribution < -0.4 is 4.90 Å². The third-order valence-corrected chi connectivity index (χ3v) is 8.38. The van der Waals surface area contributed by atoms with Crippen molar-refractivity contribution in [3.8, 4) is 22.8 Å². The van der Waals surface area contributed by atoms with Crippen LogP contribution in [-0.2, 0) is 5.60 Å². The first-order valence-corrected chi connectivity index (χ1v) is 15.8. The molecule has 0 fully saturated rings. The average Bonchev–Trinajstić information content (AvgIpc) is 3.13. The van der Waals surface area contributed by atoms with Crippen LogP contribution in [0.1, 0.15) is 17.0 Å². The number of nitrogens with zero attached hydrogens (tertiary/aromatic N) is 4. The Balaban J connectivity index is 1.54. The molecule has 5 nitrogen and oxygen atoms in total. The number of anilines is 3. The Kier molecular flexibility index (Phi) is 8.21. The summed E-state index contributed by atoms with van der Waals surface area (Å²) >= 11 is 3.58. The fraction of sp³-hybridized carbons (Fsp3) is 0.0250. The second-order valence-electron chi connectivity index (χ2n) is 10.8. The zero-order valence-corrected chi connectivity index (χ0v) is 26.4. The van der Waals surface area contributed by atoms with Crippen molar-refractivity contribution in [2.75, 3.05) is 4.90 Å². The van der Waals surface area contributed by atoms with E-state index in [2.05, 4.69) is 45.1 Å². The molecule has 0 saturated carbocycles. The van der Waals surface area contributed by atoms with Gasteiger partial charge in [-0.05, 0) is 48.0 Å². The molecule has 0 aliphatic rings. The first-order chi connectivity index (χ1) is 22.6. The van der Waals surface area contributed by atoms with E-state index in [0.717, 1.165) is 32.7 Å². The van der Waals surface area contributed by atoms with Gasteiger partial charge in [-0.3, -0.25) is 0 Å². The van der Waals surface area contributed by atoms with Gasteiger partial charge in [0.05, 0.1) is 5.69 Å². The van der Waals surface area contributed by atoms with Crippen LogP contribution in [0.15, 0.2) is 174 Å². The second-order valence-corrected chi connectivity index (χ2v) is 11.7. The van der Waals surface area contributed by atoms with Gasteiger partial charge in [0.25, 0.3) is 0 Å². The van der Waals surface area contributed by atoms with Crippen LogP contribution in [0.3, 0.4) is 0 Å². The summed E-state index contributed by atoms with van der Waals surface area (Å²) in [5, 5.41) is 13.4. The van der Waals surface area contributed by atoms with Gasteiger partial charge in [-0.15, -0.1) is 0 Å². The number of para-hydroxylation sites is 3. The molecule has 0 radical (unpaired) electrons. The summed E-state index contributed by atoms with van der Waals surface area (Å²) in [6.45, 7) is 0. The third-order valence-electron chi connectivity index (χ3n) is 7.85. The zero-order valence-electron chi connectivity index (χ0n) is 24.8. The van der Waals surface area contributed by atoms with Crippen molar-refractivity contribution >= 4 is 33.0 Å². The quantitative estimate of drug-likeness (QED) is 0.176. The predicted molar refractivity (Wildman–Crippen MR) is 188 cm³/mol. The van der Waals surface area contributed by atoms with E-state index in [0.29, 0.717) is 22.8 Å². The molecular formula is C40H29BrN4O. The van der Waals surface area contributed by atoms with Crippen LogP contribution in [0.25, 0.3) is 22.8 Å². The molecule has 0 aliphatic heterocycles. The summed E-state index contributed by atoms with van der Waals surface area (Å²) in [5.41, 5.74) is 3.79. The minimum Gasteiger partial charge on any atom is -0.373 e. The van der Waals surface area contributed by atoms with E-state index in [1.165, 1.54) is 0 Å². The Hall–Kier alpha value is -5.43. The van der Waals surface area contributed by atoms with Crippen LogP contribution in [-0.4, -0.2) is 20.1 Å². The maximum Gasteiger partial charge on any atom is 0.177 e. The molecule has 6 heteroatoms.